The zero-order chi connectivity index (χ0) is 14.3. The molecule has 1 aliphatic heterocycles. The Morgan fingerprint density at radius 1 is 1.26 bits per heavy atom. The Morgan fingerprint density at radius 2 is 1.89 bits per heavy atom. The molecule has 1 aromatic carbocycles. The molecular weight excluding hydrogens is 288 g/mol. The summed E-state index contributed by atoms with van der Waals surface area (Å²) in [6.45, 7) is 0.204. The second-order valence-corrected chi connectivity index (χ2v) is 9.08. The third kappa shape index (κ3) is 3.07. The van der Waals surface area contributed by atoms with Gasteiger partial charge in [0.25, 0.3) is 0 Å². The van der Waals surface area contributed by atoms with Gasteiger partial charge >= 0.3 is 0 Å². The van der Waals surface area contributed by atoms with Crippen LogP contribution in [0.1, 0.15) is 18.0 Å². The summed E-state index contributed by atoms with van der Waals surface area (Å²) in [6, 6.07) is 6.68. The van der Waals surface area contributed by atoms with Gasteiger partial charge in [0.05, 0.1) is 5.69 Å². The monoisotopic (exact) mass is 304 g/mol. The molecule has 6 nitrogen and oxygen atoms in total. The summed E-state index contributed by atoms with van der Waals surface area (Å²) in [5, 5.41) is -0.885. The SMILES string of the molecule is CS(=O)(=O)CS(=O)(=O)N1CCC(N)c2ccccc21. The highest BCUT2D eigenvalue weighted by Crippen LogP contribution is 2.34. The van der Waals surface area contributed by atoms with Crippen molar-refractivity contribution < 1.29 is 16.8 Å². The van der Waals surface area contributed by atoms with Gasteiger partial charge in [-0.05, 0) is 18.1 Å². The number of sulfone groups is 1. The van der Waals surface area contributed by atoms with Crippen molar-refractivity contribution in [2.24, 2.45) is 5.73 Å². The molecule has 1 aromatic rings. The molecule has 0 aromatic heterocycles. The lowest BCUT2D eigenvalue weighted by Gasteiger charge is -2.33. The summed E-state index contributed by atoms with van der Waals surface area (Å²) in [6.07, 6.45) is 1.38. The third-order valence-corrected chi connectivity index (χ3v) is 6.90. The number of fused-ring (bicyclic) bond motifs is 1. The van der Waals surface area contributed by atoms with Gasteiger partial charge in [-0.3, -0.25) is 4.31 Å². The lowest BCUT2D eigenvalue weighted by Crippen LogP contribution is -2.40. The molecule has 1 atom stereocenters. The number of sulfonamides is 1. The minimum atomic E-state index is -3.89. The van der Waals surface area contributed by atoms with Crippen molar-refractivity contribution in [1.82, 2.24) is 0 Å². The Balaban J connectivity index is 2.46. The predicted molar refractivity (Wildman–Crippen MR) is 74.0 cm³/mol. The fraction of sp³-hybridized carbons (Fsp3) is 0.455. The average Bonchev–Trinajstić information content (AvgIpc) is 2.26. The van der Waals surface area contributed by atoms with Gasteiger partial charge in [0.15, 0.2) is 14.9 Å². The summed E-state index contributed by atoms with van der Waals surface area (Å²) >= 11 is 0. The minimum absolute atomic E-state index is 0.204. The summed E-state index contributed by atoms with van der Waals surface area (Å²) in [5.74, 6) is 0. The highest BCUT2D eigenvalue weighted by atomic mass is 32.3. The van der Waals surface area contributed by atoms with Crippen molar-refractivity contribution in [3.8, 4) is 0 Å². The largest absolute Gasteiger partial charge is 0.324 e. The number of benzene rings is 1. The van der Waals surface area contributed by atoms with E-state index in [0.717, 1.165) is 16.1 Å². The molecule has 106 valence electrons. The van der Waals surface area contributed by atoms with Gasteiger partial charge in [0, 0.05) is 18.8 Å². The molecule has 0 amide bonds. The van der Waals surface area contributed by atoms with E-state index >= 15 is 0 Å². The Bertz CT molecular complexity index is 682. The van der Waals surface area contributed by atoms with Crippen LogP contribution in [0.3, 0.4) is 0 Å². The van der Waals surface area contributed by atoms with Gasteiger partial charge in [-0.1, -0.05) is 18.2 Å². The fourth-order valence-electron chi connectivity index (χ4n) is 2.18. The number of nitrogens with zero attached hydrogens (tertiary/aromatic N) is 1. The number of hydrogen-bond donors (Lipinski definition) is 1. The van der Waals surface area contributed by atoms with E-state index in [1.807, 2.05) is 0 Å². The molecule has 0 spiro atoms. The van der Waals surface area contributed by atoms with Crippen LogP contribution in [0.25, 0.3) is 0 Å². The number of hydrogen-bond acceptors (Lipinski definition) is 5. The molecule has 1 aliphatic rings. The van der Waals surface area contributed by atoms with E-state index in [1.165, 1.54) is 0 Å². The van der Waals surface area contributed by atoms with Crippen LogP contribution in [0.4, 0.5) is 5.69 Å². The van der Waals surface area contributed by atoms with Crippen molar-refractivity contribution >= 4 is 25.5 Å². The first-order valence-electron chi connectivity index (χ1n) is 5.73. The number of rotatable bonds is 3. The van der Waals surface area contributed by atoms with E-state index in [0.29, 0.717) is 12.1 Å². The van der Waals surface area contributed by atoms with Gasteiger partial charge in [-0.15, -0.1) is 0 Å². The highest BCUT2D eigenvalue weighted by Gasteiger charge is 2.32. The highest BCUT2D eigenvalue weighted by molar-refractivity contribution is 8.08. The maximum Gasteiger partial charge on any atom is 0.249 e. The van der Waals surface area contributed by atoms with Crippen molar-refractivity contribution in [2.75, 3.05) is 22.2 Å². The first kappa shape index (κ1) is 14.3. The lowest BCUT2D eigenvalue weighted by atomic mass is 9.99. The lowest BCUT2D eigenvalue weighted by molar-refractivity contribution is 0.575. The van der Waals surface area contributed by atoms with Gasteiger partial charge in [-0.2, -0.15) is 0 Å². The maximum absolute atomic E-state index is 12.2. The molecule has 19 heavy (non-hydrogen) atoms. The van der Waals surface area contributed by atoms with Crippen LogP contribution in [0.15, 0.2) is 24.3 Å². The summed E-state index contributed by atoms with van der Waals surface area (Å²) in [4.78, 5) is 0. The average molecular weight is 304 g/mol. The van der Waals surface area contributed by atoms with E-state index in [4.69, 9.17) is 5.73 Å². The van der Waals surface area contributed by atoms with Gasteiger partial charge < -0.3 is 5.73 Å². The second kappa shape index (κ2) is 4.77. The fourth-order valence-corrected chi connectivity index (χ4v) is 5.71. The molecule has 1 heterocycles. The van der Waals surface area contributed by atoms with Crippen molar-refractivity contribution in [3.63, 3.8) is 0 Å². The van der Waals surface area contributed by atoms with E-state index in [9.17, 15) is 16.8 Å². The Morgan fingerprint density at radius 3 is 2.53 bits per heavy atom. The van der Waals surface area contributed by atoms with Crippen LogP contribution in [0, 0.1) is 0 Å². The summed E-state index contributed by atoms with van der Waals surface area (Å²) in [5.41, 5.74) is 7.14. The molecule has 1 unspecified atom stereocenters. The first-order valence-corrected chi connectivity index (χ1v) is 9.40. The molecule has 0 fully saturated rings. The van der Waals surface area contributed by atoms with Crippen LogP contribution >= 0.6 is 0 Å². The van der Waals surface area contributed by atoms with Crippen molar-refractivity contribution in [2.45, 2.75) is 12.5 Å². The Labute approximate surface area is 113 Å². The summed E-state index contributed by atoms with van der Waals surface area (Å²) in [7, 11) is -7.50. The molecular formula is C11H16N2O4S2. The molecule has 0 aliphatic carbocycles. The minimum Gasteiger partial charge on any atom is -0.324 e. The quantitative estimate of drug-likeness (QED) is 0.862. The second-order valence-electron chi connectivity index (χ2n) is 4.68. The predicted octanol–water partition coefficient (Wildman–Crippen LogP) is 0.228. The van der Waals surface area contributed by atoms with Crippen LogP contribution in [-0.4, -0.2) is 34.7 Å². The van der Waals surface area contributed by atoms with Gasteiger partial charge in [-0.25, -0.2) is 16.8 Å². The normalized spacial score (nSPS) is 20.1. The van der Waals surface area contributed by atoms with E-state index in [1.54, 1.807) is 24.3 Å². The van der Waals surface area contributed by atoms with Crippen molar-refractivity contribution in [1.29, 1.82) is 0 Å². The Hall–Kier alpha value is -1.12. The smallest absolute Gasteiger partial charge is 0.249 e. The number of nitrogens with two attached hydrogens (primary N) is 1. The Kier molecular flexibility index (Phi) is 3.59. The van der Waals surface area contributed by atoms with E-state index in [2.05, 4.69) is 0 Å². The molecule has 0 saturated heterocycles. The molecule has 2 N–H and O–H groups in total. The van der Waals surface area contributed by atoms with Crippen molar-refractivity contribution in [3.05, 3.63) is 29.8 Å². The topological polar surface area (TPSA) is 97.5 Å². The third-order valence-electron chi connectivity index (χ3n) is 2.95. The maximum atomic E-state index is 12.2. The van der Waals surface area contributed by atoms with Crippen LogP contribution in [-0.2, 0) is 19.9 Å². The molecule has 0 bridgehead atoms. The molecule has 0 saturated carbocycles. The number of anilines is 1. The molecule has 2 rings (SSSR count). The first-order chi connectivity index (χ1) is 8.71. The van der Waals surface area contributed by atoms with Crippen LogP contribution in [0.5, 0.6) is 0 Å². The van der Waals surface area contributed by atoms with E-state index in [-0.39, 0.29) is 12.6 Å². The number of para-hydroxylation sites is 1. The molecule has 8 heteroatoms. The van der Waals surface area contributed by atoms with Gasteiger partial charge in [0.2, 0.25) is 10.0 Å². The zero-order valence-corrected chi connectivity index (χ0v) is 12.1. The van der Waals surface area contributed by atoms with E-state index < -0.39 is 24.9 Å². The molecule has 0 radical (unpaired) electrons. The summed E-state index contributed by atoms with van der Waals surface area (Å²) < 4.78 is 48.0. The van der Waals surface area contributed by atoms with Gasteiger partial charge in [0.1, 0.15) is 0 Å². The zero-order valence-electron chi connectivity index (χ0n) is 10.5. The van der Waals surface area contributed by atoms with Crippen LogP contribution < -0.4 is 10.0 Å². The standard InChI is InChI=1S/C11H16N2O4S2/c1-18(14,15)8-19(16,17)13-7-6-10(12)9-4-2-3-5-11(9)13/h2-5,10H,6-8,12H2,1H3. The van der Waals surface area contributed by atoms with Crippen LogP contribution in [0.2, 0.25) is 0 Å².